The van der Waals surface area contributed by atoms with E-state index in [2.05, 4.69) is 175 Å². The van der Waals surface area contributed by atoms with E-state index in [4.69, 9.17) is 4.42 Å². The Labute approximate surface area is 289 Å². The molecule has 230 valence electrons. The van der Waals surface area contributed by atoms with Crippen LogP contribution in [0.1, 0.15) is 0 Å². The van der Waals surface area contributed by atoms with Gasteiger partial charge in [-0.05, 0) is 0 Å². The second kappa shape index (κ2) is 11.4. The van der Waals surface area contributed by atoms with Crippen molar-refractivity contribution >= 4 is 83.6 Å². The first-order chi connectivity index (χ1) is 24.3. The van der Waals surface area contributed by atoms with Gasteiger partial charge in [0, 0.05) is 0 Å². The van der Waals surface area contributed by atoms with Crippen LogP contribution in [-0.2, 0) is 0 Å². The molecule has 8 aromatic carbocycles. The van der Waals surface area contributed by atoms with Crippen molar-refractivity contribution in [2.24, 2.45) is 0 Å². The summed E-state index contributed by atoms with van der Waals surface area (Å²) in [6.45, 7) is 0. The number of furan rings is 1. The average Bonchev–Trinajstić information content (AvgIpc) is 3.74. The van der Waals surface area contributed by atoms with Crippen molar-refractivity contribution in [1.82, 2.24) is 0 Å². The first kappa shape index (κ1) is 28.2. The van der Waals surface area contributed by atoms with Crippen molar-refractivity contribution in [3.63, 3.8) is 0 Å². The van der Waals surface area contributed by atoms with E-state index in [1.807, 2.05) is 6.07 Å². The summed E-state index contributed by atoms with van der Waals surface area (Å²) < 4.78 is 9.31. The summed E-state index contributed by atoms with van der Waals surface area (Å²) in [5, 5.41) is 7.62. The fourth-order valence-electron chi connectivity index (χ4n) is 7.39. The number of fused-ring (bicyclic) bond motifs is 8. The van der Waals surface area contributed by atoms with E-state index in [1.165, 1.54) is 58.0 Å². The van der Waals surface area contributed by atoms with E-state index in [0.717, 1.165) is 33.3 Å². The van der Waals surface area contributed by atoms with Gasteiger partial charge < -0.3 is 0 Å². The van der Waals surface area contributed by atoms with Gasteiger partial charge in [0.1, 0.15) is 0 Å². The molecule has 0 saturated carbocycles. The van der Waals surface area contributed by atoms with Crippen molar-refractivity contribution in [3.05, 3.63) is 176 Å². The third kappa shape index (κ3) is 4.63. The van der Waals surface area contributed by atoms with Crippen LogP contribution >= 0.6 is 0 Å². The Morgan fingerprint density at radius 3 is 1.92 bits per heavy atom. The molecule has 0 aliphatic carbocycles. The van der Waals surface area contributed by atoms with Gasteiger partial charge in [0.2, 0.25) is 0 Å². The molecule has 0 N–H and O–H groups in total. The summed E-state index contributed by atoms with van der Waals surface area (Å²) >= 11 is 0.126. The first-order valence-corrected chi connectivity index (χ1v) is 18.3. The van der Waals surface area contributed by atoms with Crippen molar-refractivity contribution in [3.8, 4) is 22.3 Å². The van der Waals surface area contributed by atoms with Crippen LogP contribution in [0.25, 0.3) is 74.3 Å². The fourth-order valence-corrected chi connectivity index (χ4v) is 10.2. The van der Waals surface area contributed by atoms with E-state index in [1.54, 1.807) is 0 Å². The molecule has 49 heavy (non-hydrogen) atoms. The number of hydrogen-bond donors (Lipinski definition) is 0. The first-order valence-electron chi connectivity index (χ1n) is 16.6. The van der Waals surface area contributed by atoms with Gasteiger partial charge in [-0.2, -0.15) is 0 Å². The molecule has 0 aliphatic heterocycles. The predicted octanol–water partition coefficient (Wildman–Crippen LogP) is 12.9. The van der Waals surface area contributed by atoms with Gasteiger partial charge >= 0.3 is 291 Å². The minimum atomic E-state index is 0.126. The molecule has 0 fully saturated rings. The summed E-state index contributed by atoms with van der Waals surface area (Å²) in [5.74, 6) is 0. The molecule has 0 radical (unpaired) electrons. The van der Waals surface area contributed by atoms with Crippen LogP contribution in [0.4, 0.5) is 17.1 Å². The molecule has 10 aromatic rings. The zero-order valence-corrected chi connectivity index (χ0v) is 28.2. The Morgan fingerprint density at radius 2 is 1.02 bits per heavy atom. The number of rotatable bonds is 5. The zero-order chi connectivity index (χ0) is 32.3. The van der Waals surface area contributed by atoms with Gasteiger partial charge in [-0.1, -0.05) is 0 Å². The normalized spacial score (nSPS) is 11.7. The summed E-state index contributed by atoms with van der Waals surface area (Å²) in [4.78, 5) is 2.44. The van der Waals surface area contributed by atoms with Gasteiger partial charge in [-0.3, -0.25) is 0 Å². The Kier molecular flexibility index (Phi) is 6.55. The molecule has 0 aliphatic rings. The van der Waals surface area contributed by atoms with Crippen LogP contribution in [0, 0.1) is 0 Å². The van der Waals surface area contributed by atoms with Crippen molar-refractivity contribution in [1.29, 1.82) is 0 Å². The molecular weight excluding hydrogens is 661 g/mol. The van der Waals surface area contributed by atoms with Gasteiger partial charge in [0.05, 0.1) is 0 Å². The van der Waals surface area contributed by atoms with Gasteiger partial charge in [-0.25, -0.2) is 0 Å². The van der Waals surface area contributed by atoms with Crippen molar-refractivity contribution < 1.29 is 4.42 Å². The van der Waals surface area contributed by atoms with E-state index >= 15 is 0 Å². The molecule has 0 atom stereocenters. The molecule has 0 bridgehead atoms. The monoisotopic (exact) mass is 691 g/mol. The van der Waals surface area contributed by atoms with Crippen molar-refractivity contribution in [2.75, 3.05) is 4.90 Å². The quantitative estimate of drug-likeness (QED) is 0.167. The Morgan fingerprint density at radius 1 is 0.388 bits per heavy atom. The minimum absolute atomic E-state index is 0.126. The van der Waals surface area contributed by atoms with Gasteiger partial charge in [0.15, 0.2) is 0 Å². The standard InChI is InChI=1S/C46H29NOSe/c1-2-12-30(13-3-1)35-17-6-7-18-36(35)32-15-10-16-33(28-32)47(34-25-27-39-38-20-8-9-23-43(38)48-44(39)29-34)42-22-11-21-40-41-26-24-31-14-4-5-19-37(31)45(41)49-46(40)42/h1-29H. The molecule has 0 saturated heterocycles. The van der Waals surface area contributed by atoms with Gasteiger partial charge in [-0.15, -0.1) is 0 Å². The Hall–Kier alpha value is -5.86. The topological polar surface area (TPSA) is 16.4 Å². The third-order valence-corrected chi connectivity index (χ3v) is 12.3. The maximum atomic E-state index is 6.44. The van der Waals surface area contributed by atoms with Crippen LogP contribution in [0.2, 0.25) is 0 Å². The Bertz CT molecular complexity index is 2840. The molecular formula is C46H29NOSe. The maximum absolute atomic E-state index is 6.44. The van der Waals surface area contributed by atoms with Crippen LogP contribution in [0.3, 0.4) is 0 Å². The molecule has 2 heterocycles. The van der Waals surface area contributed by atoms with Gasteiger partial charge in [0.25, 0.3) is 0 Å². The average molecular weight is 691 g/mol. The second-order valence-corrected chi connectivity index (χ2v) is 14.6. The van der Waals surface area contributed by atoms with E-state index in [0.29, 0.717) is 0 Å². The molecule has 0 amide bonds. The molecule has 10 rings (SSSR count). The summed E-state index contributed by atoms with van der Waals surface area (Å²) in [6.07, 6.45) is 0. The molecule has 3 heteroatoms. The van der Waals surface area contributed by atoms with Crippen LogP contribution in [-0.4, -0.2) is 14.5 Å². The molecule has 0 unspecified atom stereocenters. The second-order valence-electron chi connectivity index (χ2n) is 12.5. The summed E-state index contributed by atoms with van der Waals surface area (Å²) in [5.41, 5.74) is 10.0. The molecule has 2 nitrogen and oxygen atoms in total. The van der Waals surface area contributed by atoms with E-state index in [-0.39, 0.29) is 14.5 Å². The Balaban J connectivity index is 1.22. The summed E-state index contributed by atoms with van der Waals surface area (Å²) in [6, 6.07) is 63.6. The number of nitrogens with zero attached hydrogens (tertiary/aromatic N) is 1. The van der Waals surface area contributed by atoms with Crippen LogP contribution in [0.5, 0.6) is 0 Å². The molecule has 0 spiro atoms. The number of hydrogen-bond acceptors (Lipinski definition) is 2. The third-order valence-electron chi connectivity index (χ3n) is 9.66. The number of para-hydroxylation sites is 1. The fraction of sp³-hybridized carbons (Fsp3) is 0. The molecule has 2 aromatic heterocycles. The van der Waals surface area contributed by atoms with Crippen LogP contribution in [0.15, 0.2) is 180 Å². The van der Waals surface area contributed by atoms with E-state index < -0.39 is 0 Å². The predicted molar refractivity (Wildman–Crippen MR) is 209 cm³/mol. The van der Waals surface area contributed by atoms with Crippen LogP contribution < -0.4 is 4.90 Å². The van der Waals surface area contributed by atoms with Crippen molar-refractivity contribution in [2.45, 2.75) is 0 Å². The summed E-state index contributed by atoms with van der Waals surface area (Å²) in [7, 11) is 0. The number of anilines is 3. The zero-order valence-electron chi connectivity index (χ0n) is 26.5. The SMILES string of the molecule is c1ccc(-c2ccccc2-c2cccc(N(c3ccc4c(c3)oc3ccccc34)c3cccc4c3[se]c3c5ccccc5ccc43)c2)cc1. The number of benzene rings is 8. The van der Waals surface area contributed by atoms with E-state index in [9.17, 15) is 0 Å².